The van der Waals surface area contributed by atoms with E-state index < -0.39 is 0 Å². The van der Waals surface area contributed by atoms with Crippen LogP contribution < -0.4 is 10.2 Å². The van der Waals surface area contributed by atoms with E-state index in [-0.39, 0.29) is 0 Å². The number of halogens is 1. The number of hydrogen-bond acceptors (Lipinski definition) is 2. The quantitative estimate of drug-likeness (QED) is 0.849. The summed E-state index contributed by atoms with van der Waals surface area (Å²) in [6.45, 7) is 1.06. The van der Waals surface area contributed by atoms with Crippen molar-refractivity contribution in [3.05, 3.63) is 28.8 Å². The lowest BCUT2D eigenvalue weighted by Crippen LogP contribution is -2.45. The molecule has 3 heteroatoms. The van der Waals surface area contributed by atoms with Gasteiger partial charge >= 0.3 is 0 Å². The van der Waals surface area contributed by atoms with E-state index in [1.165, 1.54) is 24.1 Å². The number of anilines is 1. The number of rotatable bonds is 2. The van der Waals surface area contributed by atoms with E-state index in [0.29, 0.717) is 6.04 Å². The summed E-state index contributed by atoms with van der Waals surface area (Å²) in [4.78, 5) is 2.28. The molecule has 3 rings (SSSR count). The molecule has 1 heterocycles. The predicted molar refractivity (Wildman–Crippen MR) is 68.4 cm³/mol. The Morgan fingerprint density at radius 3 is 2.88 bits per heavy atom. The van der Waals surface area contributed by atoms with Gasteiger partial charge in [0.25, 0.3) is 0 Å². The third-order valence-corrected chi connectivity index (χ3v) is 3.77. The lowest BCUT2D eigenvalue weighted by Gasteiger charge is -2.34. The molecule has 86 valence electrons. The molecule has 0 spiro atoms. The molecule has 1 aliphatic carbocycles. The molecule has 0 saturated heterocycles. The summed E-state index contributed by atoms with van der Waals surface area (Å²) in [6.07, 6.45) is 3.81. The van der Waals surface area contributed by atoms with Crippen molar-refractivity contribution in [3.63, 3.8) is 0 Å². The van der Waals surface area contributed by atoms with Crippen molar-refractivity contribution in [2.24, 2.45) is 0 Å². The lowest BCUT2D eigenvalue weighted by atomic mass is 9.98. The smallest absolute Gasteiger partial charge is 0.0642 e. The fraction of sp³-hybridized carbons (Fsp3) is 0.538. The van der Waals surface area contributed by atoms with Gasteiger partial charge < -0.3 is 10.2 Å². The summed E-state index contributed by atoms with van der Waals surface area (Å²) in [7, 11) is 2.13. The molecule has 1 atom stereocenters. The molecule has 1 N–H and O–H groups in total. The van der Waals surface area contributed by atoms with E-state index in [4.69, 9.17) is 11.6 Å². The molecule has 1 aliphatic heterocycles. The Kier molecular flexibility index (Phi) is 2.56. The van der Waals surface area contributed by atoms with Crippen LogP contribution in [0.2, 0.25) is 5.02 Å². The number of hydrogen-bond donors (Lipinski definition) is 1. The molecule has 2 aliphatic rings. The van der Waals surface area contributed by atoms with Gasteiger partial charge in [-0.1, -0.05) is 23.7 Å². The number of benzene rings is 1. The highest BCUT2D eigenvalue weighted by atomic mass is 35.5. The van der Waals surface area contributed by atoms with E-state index in [9.17, 15) is 0 Å². The van der Waals surface area contributed by atoms with Gasteiger partial charge in [0.1, 0.15) is 0 Å². The van der Waals surface area contributed by atoms with Crippen molar-refractivity contribution in [1.82, 2.24) is 5.32 Å². The van der Waals surface area contributed by atoms with Crippen LogP contribution in [0.1, 0.15) is 18.4 Å². The Balaban J connectivity index is 1.84. The fourth-order valence-corrected chi connectivity index (χ4v) is 2.94. The van der Waals surface area contributed by atoms with Crippen LogP contribution in [0.4, 0.5) is 5.69 Å². The number of nitrogens with zero attached hydrogens (tertiary/aromatic N) is 1. The van der Waals surface area contributed by atoms with E-state index >= 15 is 0 Å². The van der Waals surface area contributed by atoms with Gasteiger partial charge in [-0.25, -0.2) is 0 Å². The maximum atomic E-state index is 6.24. The average Bonchev–Trinajstić information content (AvgIpc) is 3.01. The number of fused-ring (bicyclic) bond motifs is 1. The zero-order chi connectivity index (χ0) is 11.1. The Morgan fingerprint density at radius 2 is 2.12 bits per heavy atom. The van der Waals surface area contributed by atoms with Crippen LogP contribution in [0.5, 0.6) is 0 Å². The number of likely N-dealkylation sites (N-methyl/N-ethyl adjacent to an activating group) is 1. The van der Waals surface area contributed by atoms with Gasteiger partial charge in [-0.2, -0.15) is 0 Å². The molecule has 2 nitrogen and oxygen atoms in total. The Labute approximate surface area is 102 Å². The monoisotopic (exact) mass is 236 g/mol. The lowest BCUT2D eigenvalue weighted by molar-refractivity contribution is 0.491. The highest BCUT2D eigenvalue weighted by Crippen LogP contribution is 2.33. The van der Waals surface area contributed by atoms with Crippen LogP contribution in [0.25, 0.3) is 0 Å². The fourth-order valence-electron chi connectivity index (χ4n) is 2.60. The Bertz CT molecular complexity index is 401. The van der Waals surface area contributed by atoms with Crippen molar-refractivity contribution in [2.45, 2.75) is 31.3 Å². The minimum Gasteiger partial charge on any atom is -0.372 e. The van der Waals surface area contributed by atoms with Crippen molar-refractivity contribution < 1.29 is 0 Å². The molecule has 1 aromatic rings. The largest absolute Gasteiger partial charge is 0.372 e. The summed E-state index contributed by atoms with van der Waals surface area (Å²) < 4.78 is 0. The van der Waals surface area contributed by atoms with E-state index in [2.05, 4.69) is 29.4 Å². The standard InChI is InChI=1S/C13H17ClN2/c1-16-8-11(15-10-5-6-10)7-9-3-2-4-12(14)13(9)16/h2-4,10-11,15H,5-8H2,1H3. The van der Waals surface area contributed by atoms with Crippen LogP contribution in [0.3, 0.4) is 0 Å². The van der Waals surface area contributed by atoms with Crippen molar-refractivity contribution >= 4 is 17.3 Å². The third-order valence-electron chi connectivity index (χ3n) is 3.46. The summed E-state index contributed by atoms with van der Waals surface area (Å²) in [5.41, 5.74) is 2.59. The average molecular weight is 237 g/mol. The zero-order valence-electron chi connectivity index (χ0n) is 9.54. The summed E-state index contributed by atoms with van der Waals surface area (Å²) in [5.74, 6) is 0. The summed E-state index contributed by atoms with van der Waals surface area (Å²) >= 11 is 6.24. The van der Waals surface area contributed by atoms with Gasteiger partial charge in [-0.15, -0.1) is 0 Å². The highest BCUT2D eigenvalue weighted by Gasteiger charge is 2.29. The summed E-state index contributed by atoms with van der Waals surface area (Å²) in [5, 5.41) is 4.58. The van der Waals surface area contributed by atoms with Crippen molar-refractivity contribution in [1.29, 1.82) is 0 Å². The molecule has 1 unspecified atom stereocenters. The van der Waals surface area contributed by atoms with E-state index in [0.717, 1.165) is 24.0 Å². The predicted octanol–water partition coefficient (Wildman–Crippen LogP) is 2.45. The maximum Gasteiger partial charge on any atom is 0.0642 e. The SMILES string of the molecule is CN1CC(NC2CC2)Cc2cccc(Cl)c21. The number of para-hydroxylation sites is 1. The maximum absolute atomic E-state index is 6.24. The van der Waals surface area contributed by atoms with Crippen LogP contribution in [0, 0.1) is 0 Å². The molecule has 0 radical (unpaired) electrons. The molecule has 0 bridgehead atoms. The van der Waals surface area contributed by atoms with Crippen LogP contribution in [-0.4, -0.2) is 25.7 Å². The Hall–Kier alpha value is -0.730. The van der Waals surface area contributed by atoms with E-state index in [1.54, 1.807) is 0 Å². The van der Waals surface area contributed by atoms with Crippen LogP contribution in [0.15, 0.2) is 18.2 Å². The first kappa shape index (κ1) is 10.4. The van der Waals surface area contributed by atoms with E-state index in [1.807, 2.05) is 6.07 Å². The van der Waals surface area contributed by atoms with Gasteiger partial charge in [0.15, 0.2) is 0 Å². The highest BCUT2D eigenvalue weighted by molar-refractivity contribution is 6.33. The topological polar surface area (TPSA) is 15.3 Å². The first-order chi connectivity index (χ1) is 7.74. The van der Waals surface area contributed by atoms with Crippen molar-refractivity contribution in [2.75, 3.05) is 18.5 Å². The second kappa shape index (κ2) is 3.94. The van der Waals surface area contributed by atoms with Gasteiger partial charge in [-0.3, -0.25) is 0 Å². The molecule has 0 amide bonds. The van der Waals surface area contributed by atoms with Gasteiger partial charge in [0, 0.05) is 25.7 Å². The first-order valence-corrected chi connectivity index (χ1v) is 6.36. The molecule has 1 aromatic carbocycles. The molecule has 0 aromatic heterocycles. The molecule has 1 saturated carbocycles. The van der Waals surface area contributed by atoms with Crippen molar-refractivity contribution in [3.8, 4) is 0 Å². The molecular weight excluding hydrogens is 220 g/mol. The molecule has 1 fully saturated rings. The second-order valence-corrected chi connectivity index (χ2v) is 5.38. The molecular formula is C13H17ClN2. The first-order valence-electron chi connectivity index (χ1n) is 5.98. The Morgan fingerprint density at radius 1 is 1.31 bits per heavy atom. The van der Waals surface area contributed by atoms with Gasteiger partial charge in [0.2, 0.25) is 0 Å². The minimum atomic E-state index is 0.587. The zero-order valence-corrected chi connectivity index (χ0v) is 10.3. The minimum absolute atomic E-state index is 0.587. The molecule has 16 heavy (non-hydrogen) atoms. The van der Waals surface area contributed by atoms with Crippen LogP contribution >= 0.6 is 11.6 Å². The third kappa shape index (κ3) is 1.92. The van der Waals surface area contributed by atoms with Gasteiger partial charge in [-0.05, 0) is 30.9 Å². The normalized spacial score (nSPS) is 24.4. The second-order valence-electron chi connectivity index (χ2n) is 4.97. The summed E-state index contributed by atoms with van der Waals surface area (Å²) in [6, 6.07) is 7.58. The van der Waals surface area contributed by atoms with Crippen LogP contribution in [-0.2, 0) is 6.42 Å². The number of nitrogens with one attached hydrogen (secondary N) is 1. The van der Waals surface area contributed by atoms with Gasteiger partial charge in [0.05, 0.1) is 10.7 Å².